The zero-order valence-corrected chi connectivity index (χ0v) is 19.2. The number of anilines is 3. The van der Waals surface area contributed by atoms with Gasteiger partial charge in [0, 0.05) is 45.1 Å². The van der Waals surface area contributed by atoms with Crippen LogP contribution in [0.25, 0.3) is 32.7 Å². The van der Waals surface area contributed by atoms with Crippen LogP contribution in [0.4, 0.5) is 17.5 Å². The molecule has 7 nitrogen and oxygen atoms in total. The van der Waals surface area contributed by atoms with Gasteiger partial charge in [-0.1, -0.05) is 29.8 Å². The second-order valence-electron chi connectivity index (χ2n) is 8.34. The van der Waals surface area contributed by atoms with E-state index in [4.69, 9.17) is 21.6 Å². The Morgan fingerprint density at radius 3 is 2.82 bits per heavy atom. The molecule has 0 amide bonds. The van der Waals surface area contributed by atoms with Crippen LogP contribution in [0.1, 0.15) is 11.1 Å². The Hall–Kier alpha value is -4.10. The van der Waals surface area contributed by atoms with Crippen LogP contribution in [0, 0.1) is 6.92 Å². The highest BCUT2D eigenvalue weighted by Crippen LogP contribution is 2.30. The fraction of sp³-hybridized carbons (Fsp3) is 0.115. The van der Waals surface area contributed by atoms with E-state index in [2.05, 4.69) is 69.3 Å². The highest BCUT2D eigenvalue weighted by atomic mass is 35.5. The number of benzene rings is 3. The molecule has 34 heavy (non-hydrogen) atoms. The summed E-state index contributed by atoms with van der Waals surface area (Å²) >= 11 is 6.30. The number of hydrogen-bond donors (Lipinski definition) is 4. The number of aromatic amines is 2. The summed E-state index contributed by atoms with van der Waals surface area (Å²) in [5.41, 5.74) is 6.26. The number of nitrogens with one attached hydrogen (secondary N) is 4. The Bertz CT molecular complexity index is 1650. The molecule has 0 unspecified atom stereocenters. The first kappa shape index (κ1) is 20.5. The van der Waals surface area contributed by atoms with Crippen LogP contribution < -0.4 is 10.6 Å². The van der Waals surface area contributed by atoms with E-state index in [0.29, 0.717) is 23.3 Å². The highest BCUT2D eigenvalue weighted by molar-refractivity contribution is 6.31. The molecule has 4 N–H and O–H groups in total. The van der Waals surface area contributed by atoms with Crippen molar-refractivity contribution in [3.63, 3.8) is 0 Å². The number of H-pyrrole nitrogens is 2. The minimum Gasteiger partial charge on any atom is -0.361 e. The van der Waals surface area contributed by atoms with Gasteiger partial charge < -0.3 is 15.6 Å². The van der Waals surface area contributed by atoms with Crippen molar-refractivity contribution in [3.8, 4) is 0 Å². The summed E-state index contributed by atoms with van der Waals surface area (Å²) in [5, 5.41) is 17.8. The maximum Gasteiger partial charge on any atom is 0.225 e. The van der Waals surface area contributed by atoms with E-state index in [0.717, 1.165) is 45.0 Å². The average Bonchev–Trinajstić information content (AvgIpc) is 3.46. The molecular formula is C26H22ClN7. The second kappa shape index (κ2) is 8.35. The van der Waals surface area contributed by atoms with Crippen molar-refractivity contribution in [2.75, 3.05) is 17.2 Å². The Morgan fingerprint density at radius 2 is 1.88 bits per heavy atom. The summed E-state index contributed by atoms with van der Waals surface area (Å²) in [6, 6.07) is 18.1. The van der Waals surface area contributed by atoms with Gasteiger partial charge in [0.2, 0.25) is 5.95 Å². The molecule has 0 radical (unpaired) electrons. The van der Waals surface area contributed by atoms with Gasteiger partial charge in [-0.3, -0.25) is 5.10 Å². The van der Waals surface area contributed by atoms with E-state index in [-0.39, 0.29) is 0 Å². The molecule has 0 atom stereocenters. The van der Waals surface area contributed by atoms with Crippen LogP contribution >= 0.6 is 11.6 Å². The summed E-state index contributed by atoms with van der Waals surface area (Å²) in [4.78, 5) is 12.9. The molecule has 3 aromatic carbocycles. The molecule has 0 fully saturated rings. The van der Waals surface area contributed by atoms with Crippen molar-refractivity contribution in [3.05, 3.63) is 83.1 Å². The van der Waals surface area contributed by atoms with E-state index in [1.807, 2.05) is 30.5 Å². The molecule has 6 aromatic rings. The lowest BCUT2D eigenvalue weighted by Crippen LogP contribution is -2.09. The van der Waals surface area contributed by atoms with Crippen molar-refractivity contribution in [1.29, 1.82) is 0 Å². The normalized spacial score (nSPS) is 11.5. The zero-order valence-electron chi connectivity index (χ0n) is 18.5. The first-order valence-electron chi connectivity index (χ1n) is 11.1. The van der Waals surface area contributed by atoms with Gasteiger partial charge in [0.05, 0.1) is 17.2 Å². The molecule has 0 aliphatic rings. The number of halogens is 1. The van der Waals surface area contributed by atoms with Gasteiger partial charge in [0.1, 0.15) is 5.82 Å². The molecule has 0 aliphatic heterocycles. The van der Waals surface area contributed by atoms with E-state index in [1.54, 1.807) is 0 Å². The number of fused-ring (bicyclic) bond motifs is 3. The second-order valence-corrected chi connectivity index (χ2v) is 8.78. The van der Waals surface area contributed by atoms with E-state index < -0.39 is 0 Å². The summed E-state index contributed by atoms with van der Waals surface area (Å²) in [6.45, 7) is 2.76. The summed E-state index contributed by atoms with van der Waals surface area (Å²) in [5.74, 6) is 1.27. The van der Waals surface area contributed by atoms with E-state index in [1.165, 1.54) is 10.9 Å². The lowest BCUT2D eigenvalue weighted by molar-refractivity contribution is 0.998. The number of rotatable bonds is 6. The standard InChI is InChI=1S/C26H22ClN7/c1-15-10-24-17(14-30-34-24)11-23(15)31-25-20-12-18(27)6-7-22(20)32-26(33-25)28-9-8-16-13-29-21-5-3-2-4-19(16)21/h2-7,10-14,29H,8-9H2,1H3,(H,30,34)(H2,28,31,32,33). The van der Waals surface area contributed by atoms with Crippen molar-refractivity contribution in [2.24, 2.45) is 0 Å². The molecule has 0 bridgehead atoms. The Morgan fingerprint density at radius 1 is 0.971 bits per heavy atom. The van der Waals surface area contributed by atoms with Gasteiger partial charge in [0.15, 0.2) is 0 Å². The van der Waals surface area contributed by atoms with E-state index >= 15 is 0 Å². The van der Waals surface area contributed by atoms with Gasteiger partial charge in [0.25, 0.3) is 0 Å². The number of nitrogens with zero attached hydrogens (tertiary/aromatic N) is 3. The monoisotopic (exact) mass is 467 g/mol. The quantitative estimate of drug-likeness (QED) is 0.229. The van der Waals surface area contributed by atoms with Crippen LogP contribution in [0.2, 0.25) is 5.02 Å². The molecule has 0 saturated carbocycles. The van der Waals surface area contributed by atoms with Crippen LogP contribution in [0.15, 0.2) is 67.0 Å². The van der Waals surface area contributed by atoms with Crippen LogP contribution in [-0.4, -0.2) is 31.7 Å². The van der Waals surface area contributed by atoms with Crippen molar-refractivity contribution >= 4 is 61.8 Å². The summed E-state index contributed by atoms with van der Waals surface area (Å²) in [7, 11) is 0. The van der Waals surface area contributed by atoms with Crippen molar-refractivity contribution < 1.29 is 0 Å². The van der Waals surface area contributed by atoms with Gasteiger partial charge in [-0.25, -0.2) is 4.98 Å². The number of aromatic nitrogens is 5. The molecule has 3 heterocycles. The van der Waals surface area contributed by atoms with Crippen LogP contribution in [0.3, 0.4) is 0 Å². The van der Waals surface area contributed by atoms with Gasteiger partial charge in [-0.2, -0.15) is 10.1 Å². The fourth-order valence-electron chi connectivity index (χ4n) is 4.28. The predicted molar refractivity (Wildman–Crippen MR) is 139 cm³/mol. The number of para-hydroxylation sites is 1. The van der Waals surface area contributed by atoms with Crippen molar-refractivity contribution in [2.45, 2.75) is 13.3 Å². The van der Waals surface area contributed by atoms with Gasteiger partial charge in [-0.15, -0.1) is 0 Å². The zero-order chi connectivity index (χ0) is 23.1. The van der Waals surface area contributed by atoms with Crippen molar-refractivity contribution in [1.82, 2.24) is 25.1 Å². The smallest absolute Gasteiger partial charge is 0.225 e. The first-order chi connectivity index (χ1) is 16.6. The largest absolute Gasteiger partial charge is 0.361 e. The van der Waals surface area contributed by atoms with E-state index in [9.17, 15) is 0 Å². The molecule has 0 spiro atoms. The summed E-state index contributed by atoms with van der Waals surface area (Å²) in [6.07, 6.45) is 4.73. The van der Waals surface area contributed by atoms with Crippen LogP contribution in [-0.2, 0) is 6.42 Å². The third-order valence-corrected chi connectivity index (χ3v) is 6.28. The molecule has 0 aliphatic carbocycles. The fourth-order valence-corrected chi connectivity index (χ4v) is 4.46. The molecule has 168 valence electrons. The number of hydrogen-bond acceptors (Lipinski definition) is 5. The number of aryl methyl sites for hydroxylation is 1. The lowest BCUT2D eigenvalue weighted by Gasteiger charge is -2.14. The van der Waals surface area contributed by atoms with Gasteiger partial charge >= 0.3 is 0 Å². The maximum absolute atomic E-state index is 6.30. The Kier molecular flexibility index (Phi) is 5.04. The lowest BCUT2D eigenvalue weighted by atomic mass is 10.1. The molecule has 3 aromatic heterocycles. The minimum absolute atomic E-state index is 0.569. The first-order valence-corrected chi connectivity index (χ1v) is 11.5. The van der Waals surface area contributed by atoms with Crippen LogP contribution in [0.5, 0.6) is 0 Å². The topological polar surface area (TPSA) is 94.3 Å². The SMILES string of the molecule is Cc1cc2[nH]ncc2cc1Nc1nc(NCCc2c[nH]c3ccccc23)nc2ccc(Cl)cc12. The maximum atomic E-state index is 6.30. The minimum atomic E-state index is 0.569. The Labute approximate surface area is 200 Å². The molecule has 8 heteroatoms. The molecular weight excluding hydrogens is 446 g/mol. The highest BCUT2D eigenvalue weighted by Gasteiger charge is 2.12. The average molecular weight is 468 g/mol. The third-order valence-electron chi connectivity index (χ3n) is 6.05. The summed E-state index contributed by atoms with van der Waals surface area (Å²) < 4.78 is 0. The molecule has 6 rings (SSSR count). The predicted octanol–water partition coefficient (Wildman–Crippen LogP) is 6.35. The Balaban J connectivity index is 1.31. The van der Waals surface area contributed by atoms with Gasteiger partial charge in [-0.05, 0) is 60.9 Å². The molecule has 0 saturated heterocycles. The third kappa shape index (κ3) is 3.80.